The van der Waals surface area contributed by atoms with Gasteiger partial charge in [0.1, 0.15) is 5.37 Å². The molecule has 5 nitrogen and oxygen atoms in total. The average molecular weight is 363 g/mol. The number of amides is 2. The number of halogens is 1. The molecule has 124 valence electrons. The van der Waals surface area contributed by atoms with E-state index in [1.54, 1.807) is 36.0 Å². The van der Waals surface area contributed by atoms with Crippen LogP contribution in [0.1, 0.15) is 10.9 Å². The first-order chi connectivity index (χ1) is 11.7. The van der Waals surface area contributed by atoms with E-state index in [9.17, 15) is 4.79 Å². The molecule has 2 heterocycles. The number of nitrogens with one attached hydrogen (secondary N) is 1. The summed E-state index contributed by atoms with van der Waals surface area (Å²) >= 11 is 7.61. The summed E-state index contributed by atoms with van der Waals surface area (Å²) in [6.07, 6.45) is 0. The molecule has 2 aliphatic heterocycles. The summed E-state index contributed by atoms with van der Waals surface area (Å²) < 4.78 is 10.8. The summed E-state index contributed by atoms with van der Waals surface area (Å²) in [5.74, 6) is 2.38. The zero-order chi connectivity index (χ0) is 16.5. The Morgan fingerprint density at radius 3 is 2.79 bits per heavy atom. The normalized spacial score (nSPS) is 18.7. The van der Waals surface area contributed by atoms with E-state index in [-0.39, 0.29) is 18.2 Å². The third-order valence-corrected chi connectivity index (χ3v) is 5.44. The number of thioether (sulfide) groups is 1. The summed E-state index contributed by atoms with van der Waals surface area (Å²) in [5.41, 5.74) is 1.76. The summed E-state index contributed by atoms with van der Waals surface area (Å²) in [7, 11) is 0. The lowest BCUT2D eigenvalue weighted by Crippen LogP contribution is -2.34. The van der Waals surface area contributed by atoms with Crippen molar-refractivity contribution in [3.8, 4) is 11.5 Å². The summed E-state index contributed by atoms with van der Waals surface area (Å²) in [4.78, 5) is 14.5. The van der Waals surface area contributed by atoms with E-state index in [1.807, 2.05) is 23.1 Å². The molecule has 1 saturated heterocycles. The standard InChI is InChI=1S/C17H15ClN2O3S/c18-12-2-4-13(5-3-12)19-17(21)20-7-8-24-16(20)11-1-6-14-15(9-11)23-10-22-14/h1-6,9,16H,7-8,10H2,(H,19,21)/t16-/m1/s1. The van der Waals surface area contributed by atoms with E-state index < -0.39 is 0 Å². The number of ether oxygens (including phenoxy) is 2. The maximum atomic E-state index is 12.6. The van der Waals surface area contributed by atoms with Crippen LogP contribution in [0.5, 0.6) is 11.5 Å². The van der Waals surface area contributed by atoms with Crippen LogP contribution in [0.15, 0.2) is 42.5 Å². The Labute approximate surface area is 148 Å². The SMILES string of the molecule is O=C(Nc1ccc(Cl)cc1)N1CCS[C@@H]1c1ccc2c(c1)OCO2. The lowest BCUT2D eigenvalue weighted by atomic mass is 10.2. The molecular formula is C17H15ClN2O3S. The predicted molar refractivity (Wildman–Crippen MR) is 94.9 cm³/mol. The number of rotatable bonds is 2. The average Bonchev–Trinajstić information content (AvgIpc) is 3.25. The number of urea groups is 1. The van der Waals surface area contributed by atoms with Crippen molar-refractivity contribution >= 4 is 35.1 Å². The molecule has 0 unspecified atom stereocenters. The van der Waals surface area contributed by atoms with Gasteiger partial charge in [0, 0.05) is 23.0 Å². The van der Waals surface area contributed by atoms with Gasteiger partial charge >= 0.3 is 6.03 Å². The second-order valence-electron chi connectivity index (χ2n) is 5.47. The van der Waals surface area contributed by atoms with E-state index in [0.29, 0.717) is 11.6 Å². The van der Waals surface area contributed by atoms with Crippen LogP contribution in [0.25, 0.3) is 0 Å². The minimum Gasteiger partial charge on any atom is -0.454 e. The van der Waals surface area contributed by atoms with Crippen molar-refractivity contribution in [2.75, 3.05) is 24.4 Å². The molecule has 1 fully saturated rings. The van der Waals surface area contributed by atoms with E-state index in [0.717, 1.165) is 28.5 Å². The maximum absolute atomic E-state index is 12.6. The zero-order valence-electron chi connectivity index (χ0n) is 12.7. The first-order valence-electron chi connectivity index (χ1n) is 7.55. The smallest absolute Gasteiger partial charge is 0.323 e. The van der Waals surface area contributed by atoms with Gasteiger partial charge in [-0.25, -0.2) is 4.79 Å². The van der Waals surface area contributed by atoms with Crippen molar-refractivity contribution in [2.45, 2.75) is 5.37 Å². The minimum atomic E-state index is -0.120. The fourth-order valence-electron chi connectivity index (χ4n) is 2.75. The third kappa shape index (κ3) is 2.99. The molecule has 0 saturated carbocycles. The number of carbonyl (C=O) groups is 1. The van der Waals surface area contributed by atoms with Crippen molar-refractivity contribution in [2.24, 2.45) is 0 Å². The number of nitrogens with zero attached hydrogens (tertiary/aromatic N) is 1. The Hall–Kier alpha value is -2.05. The van der Waals surface area contributed by atoms with Gasteiger partial charge in [-0.3, -0.25) is 0 Å². The molecule has 24 heavy (non-hydrogen) atoms. The molecule has 4 rings (SSSR count). The highest BCUT2D eigenvalue weighted by Gasteiger charge is 2.31. The molecule has 0 bridgehead atoms. The van der Waals surface area contributed by atoms with Crippen LogP contribution in [0.2, 0.25) is 5.02 Å². The monoisotopic (exact) mass is 362 g/mol. The Morgan fingerprint density at radius 2 is 1.96 bits per heavy atom. The van der Waals surface area contributed by atoms with Gasteiger partial charge in [0.05, 0.1) is 0 Å². The lowest BCUT2D eigenvalue weighted by molar-refractivity contribution is 0.174. The molecule has 7 heteroatoms. The summed E-state index contributed by atoms with van der Waals surface area (Å²) in [5, 5.41) is 3.53. The molecule has 1 N–H and O–H groups in total. The third-order valence-electron chi connectivity index (χ3n) is 3.93. The van der Waals surface area contributed by atoms with E-state index in [1.165, 1.54) is 0 Å². The highest BCUT2D eigenvalue weighted by Crippen LogP contribution is 2.42. The molecule has 1 atom stereocenters. The van der Waals surface area contributed by atoms with Crippen LogP contribution < -0.4 is 14.8 Å². The molecule has 2 aromatic rings. The van der Waals surface area contributed by atoms with Crippen LogP contribution in [0.3, 0.4) is 0 Å². The largest absolute Gasteiger partial charge is 0.454 e. The Kier molecular flexibility index (Phi) is 4.16. The first kappa shape index (κ1) is 15.5. The van der Waals surface area contributed by atoms with Gasteiger partial charge in [0.15, 0.2) is 11.5 Å². The summed E-state index contributed by atoms with van der Waals surface area (Å²) in [6.45, 7) is 0.945. The molecule has 0 aliphatic carbocycles. The minimum absolute atomic E-state index is 0.0354. The second-order valence-corrected chi connectivity index (χ2v) is 7.09. The van der Waals surface area contributed by atoms with Crippen LogP contribution in [0, 0.1) is 0 Å². The van der Waals surface area contributed by atoms with Gasteiger partial charge in [-0.2, -0.15) is 0 Å². The van der Waals surface area contributed by atoms with Crippen molar-refractivity contribution in [1.82, 2.24) is 4.90 Å². The highest BCUT2D eigenvalue weighted by molar-refractivity contribution is 7.99. The number of carbonyl (C=O) groups excluding carboxylic acids is 1. The fourth-order valence-corrected chi connectivity index (χ4v) is 4.12. The number of anilines is 1. The van der Waals surface area contributed by atoms with E-state index in [2.05, 4.69) is 5.32 Å². The number of benzene rings is 2. The lowest BCUT2D eigenvalue weighted by Gasteiger charge is -2.24. The van der Waals surface area contributed by atoms with Crippen LogP contribution in [-0.4, -0.2) is 30.0 Å². The Balaban J connectivity index is 1.52. The van der Waals surface area contributed by atoms with Crippen molar-refractivity contribution in [3.63, 3.8) is 0 Å². The van der Waals surface area contributed by atoms with Crippen molar-refractivity contribution in [1.29, 1.82) is 0 Å². The van der Waals surface area contributed by atoms with E-state index in [4.69, 9.17) is 21.1 Å². The zero-order valence-corrected chi connectivity index (χ0v) is 14.3. The van der Waals surface area contributed by atoms with Gasteiger partial charge in [0.2, 0.25) is 6.79 Å². The van der Waals surface area contributed by atoms with Gasteiger partial charge in [-0.15, -0.1) is 11.8 Å². The number of hydrogen-bond donors (Lipinski definition) is 1. The Morgan fingerprint density at radius 1 is 1.17 bits per heavy atom. The van der Waals surface area contributed by atoms with Crippen LogP contribution in [0.4, 0.5) is 10.5 Å². The fraction of sp³-hybridized carbons (Fsp3) is 0.235. The number of fused-ring (bicyclic) bond motifs is 1. The molecule has 2 aromatic carbocycles. The van der Waals surface area contributed by atoms with Crippen LogP contribution in [-0.2, 0) is 0 Å². The highest BCUT2D eigenvalue weighted by atomic mass is 35.5. The molecule has 0 spiro atoms. The van der Waals surface area contributed by atoms with Gasteiger partial charge in [-0.05, 0) is 42.0 Å². The van der Waals surface area contributed by atoms with Gasteiger partial charge in [0.25, 0.3) is 0 Å². The predicted octanol–water partition coefficient (Wildman–Crippen LogP) is 4.35. The molecule has 0 radical (unpaired) electrons. The molecule has 0 aromatic heterocycles. The topological polar surface area (TPSA) is 50.8 Å². The van der Waals surface area contributed by atoms with Crippen LogP contribution >= 0.6 is 23.4 Å². The van der Waals surface area contributed by atoms with Crippen molar-refractivity contribution in [3.05, 3.63) is 53.1 Å². The van der Waals surface area contributed by atoms with E-state index >= 15 is 0 Å². The molecule has 2 aliphatic rings. The van der Waals surface area contributed by atoms with Gasteiger partial charge < -0.3 is 19.7 Å². The molecule has 2 amide bonds. The quantitative estimate of drug-likeness (QED) is 0.863. The first-order valence-corrected chi connectivity index (χ1v) is 8.98. The number of hydrogen-bond acceptors (Lipinski definition) is 4. The molecular weight excluding hydrogens is 348 g/mol. The maximum Gasteiger partial charge on any atom is 0.323 e. The van der Waals surface area contributed by atoms with Crippen molar-refractivity contribution < 1.29 is 14.3 Å². The summed E-state index contributed by atoms with van der Waals surface area (Å²) in [6, 6.07) is 12.8. The second kappa shape index (κ2) is 6.45. The van der Waals surface area contributed by atoms with Gasteiger partial charge in [-0.1, -0.05) is 17.7 Å². The Bertz CT molecular complexity index is 769.